The van der Waals surface area contributed by atoms with Gasteiger partial charge in [-0.3, -0.25) is 4.79 Å². The molecular weight excluding hydrogens is 366 g/mol. The minimum atomic E-state index is -4.50. The highest BCUT2D eigenvalue weighted by atomic mass is 35.5. The highest BCUT2D eigenvalue weighted by molar-refractivity contribution is 6.33. The number of alkyl halides is 3. The predicted molar refractivity (Wildman–Crippen MR) is 86.8 cm³/mol. The van der Waals surface area contributed by atoms with Crippen molar-refractivity contribution >= 4 is 34.8 Å². The smallest absolute Gasteiger partial charge is 0.416 e. The van der Waals surface area contributed by atoms with Crippen molar-refractivity contribution in [1.82, 2.24) is 0 Å². The van der Waals surface area contributed by atoms with Gasteiger partial charge in [-0.25, -0.2) is 0 Å². The number of aryl methyl sites for hydroxylation is 1. The second-order valence-corrected chi connectivity index (χ2v) is 5.78. The third-order valence-corrected chi connectivity index (χ3v) is 3.61. The van der Waals surface area contributed by atoms with Gasteiger partial charge in [0.25, 0.3) is 5.91 Å². The highest BCUT2D eigenvalue weighted by Crippen LogP contribution is 2.33. The summed E-state index contributed by atoms with van der Waals surface area (Å²) in [6.45, 7) is 1.45. The summed E-state index contributed by atoms with van der Waals surface area (Å²) in [5, 5.41) is 2.74. The van der Waals surface area contributed by atoms with Crippen LogP contribution in [0.4, 0.5) is 18.9 Å². The van der Waals surface area contributed by atoms with Crippen molar-refractivity contribution in [2.45, 2.75) is 13.1 Å². The van der Waals surface area contributed by atoms with Gasteiger partial charge in [0, 0.05) is 5.02 Å². The Kier molecular flexibility index (Phi) is 5.62. The Morgan fingerprint density at radius 3 is 2.46 bits per heavy atom. The molecule has 0 radical (unpaired) electrons. The predicted octanol–water partition coefficient (Wildman–Crippen LogP) is 5.34. The average Bonchev–Trinajstić information content (AvgIpc) is 2.47. The maximum Gasteiger partial charge on any atom is 0.416 e. The topological polar surface area (TPSA) is 38.3 Å². The first-order valence-corrected chi connectivity index (χ1v) is 7.48. The van der Waals surface area contributed by atoms with Gasteiger partial charge in [-0.1, -0.05) is 23.2 Å². The van der Waals surface area contributed by atoms with E-state index in [9.17, 15) is 18.0 Å². The molecule has 0 fully saturated rings. The fourth-order valence-electron chi connectivity index (χ4n) is 1.90. The summed E-state index contributed by atoms with van der Waals surface area (Å²) in [6, 6.07) is 7.61. The lowest BCUT2D eigenvalue weighted by Crippen LogP contribution is -2.20. The molecule has 2 rings (SSSR count). The van der Waals surface area contributed by atoms with Crippen LogP contribution in [0.5, 0.6) is 5.75 Å². The number of anilines is 1. The zero-order valence-electron chi connectivity index (χ0n) is 12.4. The fraction of sp³-hybridized carbons (Fsp3) is 0.188. The van der Waals surface area contributed by atoms with Crippen LogP contribution < -0.4 is 10.1 Å². The van der Waals surface area contributed by atoms with Gasteiger partial charge in [0.1, 0.15) is 5.75 Å². The van der Waals surface area contributed by atoms with Crippen LogP contribution >= 0.6 is 23.2 Å². The zero-order valence-corrected chi connectivity index (χ0v) is 13.9. The Bertz CT molecular complexity index is 763. The van der Waals surface area contributed by atoms with Crippen molar-refractivity contribution in [3.8, 4) is 5.75 Å². The second kappa shape index (κ2) is 7.32. The molecule has 1 N–H and O–H groups in total. The SMILES string of the molecule is Cc1cc(Cl)ccc1OCC(=O)Nc1ccc(C(F)(F)F)cc1Cl. The van der Waals surface area contributed by atoms with Gasteiger partial charge in [-0.15, -0.1) is 0 Å². The number of amides is 1. The van der Waals surface area contributed by atoms with Gasteiger partial charge in [-0.2, -0.15) is 13.2 Å². The lowest BCUT2D eigenvalue weighted by molar-refractivity contribution is -0.137. The Hall–Kier alpha value is -1.92. The zero-order chi connectivity index (χ0) is 17.9. The third kappa shape index (κ3) is 4.79. The fourth-order valence-corrected chi connectivity index (χ4v) is 2.35. The molecule has 0 aromatic heterocycles. The van der Waals surface area contributed by atoms with E-state index in [4.69, 9.17) is 27.9 Å². The molecule has 0 saturated carbocycles. The molecule has 0 heterocycles. The van der Waals surface area contributed by atoms with Crippen LogP contribution in [0, 0.1) is 6.92 Å². The molecule has 0 unspecified atom stereocenters. The molecule has 0 aliphatic rings. The molecule has 1 amide bonds. The van der Waals surface area contributed by atoms with Crippen LogP contribution in [-0.2, 0) is 11.0 Å². The van der Waals surface area contributed by atoms with E-state index in [1.807, 2.05) is 0 Å². The van der Waals surface area contributed by atoms with E-state index in [0.717, 1.165) is 23.8 Å². The van der Waals surface area contributed by atoms with Gasteiger partial charge in [0.15, 0.2) is 6.61 Å². The van der Waals surface area contributed by atoms with Crippen LogP contribution in [0.2, 0.25) is 10.0 Å². The van der Waals surface area contributed by atoms with Crippen molar-refractivity contribution < 1.29 is 22.7 Å². The second-order valence-electron chi connectivity index (χ2n) is 4.94. The standard InChI is InChI=1S/C16H12Cl2F3NO2/c1-9-6-11(17)3-5-14(9)24-8-15(23)22-13-4-2-10(7-12(13)18)16(19,20)21/h2-7H,8H2,1H3,(H,22,23). The molecule has 3 nitrogen and oxygen atoms in total. The molecule has 0 bridgehead atoms. The van der Waals surface area contributed by atoms with Gasteiger partial charge < -0.3 is 10.1 Å². The third-order valence-electron chi connectivity index (χ3n) is 3.07. The number of carbonyl (C=O) groups excluding carboxylic acids is 1. The summed E-state index contributed by atoms with van der Waals surface area (Å²) in [5.74, 6) is -0.0703. The van der Waals surface area contributed by atoms with E-state index in [2.05, 4.69) is 5.32 Å². The van der Waals surface area contributed by atoms with E-state index < -0.39 is 17.6 Å². The Morgan fingerprint density at radius 2 is 1.88 bits per heavy atom. The van der Waals surface area contributed by atoms with Crippen molar-refractivity contribution in [2.24, 2.45) is 0 Å². The minimum Gasteiger partial charge on any atom is -0.483 e. The molecule has 0 saturated heterocycles. The van der Waals surface area contributed by atoms with Crippen LogP contribution in [0.1, 0.15) is 11.1 Å². The molecule has 0 aliphatic carbocycles. The Balaban J connectivity index is 2.00. The molecule has 2 aromatic carbocycles. The van der Waals surface area contributed by atoms with E-state index in [1.165, 1.54) is 0 Å². The van der Waals surface area contributed by atoms with Gasteiger partial charge in [0.05, 0.1) is 16.3 Å². The number of nitrogens with one attached hydrogen (secondary N) is 1. The summed E-state index contributed by atoms with van der Waals surface area (Å²) in [5.41, 5.74) is -0.0625. The molecule has 0 aliphatic heterocycles. The Morgan fingerprint density at radius 1 is 1.17 bits per heavy atom. The maximum absolute atomic E-state index is 12.6. The maximum atomic E-state index is 12.6. The number of rotatable bonds is 4. The van der Waals surface area contributed by atoms with Gasteiger partial charge in [0.2, 0.25) is 0 Å². The first kappa shape index (κ1) is 18.4. The first-order valence-electron chi connectivity index (χ1n) is 6.72. The average molecular weight is 378 g/mol. The summed E-state index contributed by atoms with van der Waals surface area (Å²) in [7, 11) is 0. The minimum absolute atomic E-state index is 0.0751. The van der Waals surface area contributed by atoms with E-state index >= 15 is 0 Å². The first-order chi connectivity index (χ1) is 11.2. The van der Waals surface area contributed by atoms with Crippen LogP contribution in [0.25, 0.3) is 0 Å². The van der Waals surface area contributed by atoms with Gasteiger partial charge in [-0.05, 0) is 48.9 Å². The molecule has 128 valence electrons. The largest absolute Gasteiger partial charge is 0.483 e. The summed E-state index contributed by atoms with van der Waals surface area (Å²) in [4.78, 5) is 11.9. The number of carbonyl (C=O) groups is 1. The van der Waals surface area contributed by atoms with Gasteiger partial charge >= 0.3 is 6.18 Å². The van der Waals surface area contributed by atoms with E-state index in [0.29, 0.717) is 10.8 Å². The molecule has 2 aromatic rings. The van der Waals surface area contributed by atoms with Crippen LogP contribution in [0.3, 0.4) is 0 Å². The van der Waals surface area contributed by atoms with Crippen molar-refractivity contribution in [2.75, 3.05) is 11.9 Å². The molecule has 0 atom stereocenters. The molecular formula is C16H12Cl2F3NO2. The number of ether oxygens (including phenoxy) is 1. The monoisotopic (exact) mass is 377 g/mol. The summed E-state index contributed by atoms with van der Waals surface area (Å²) in [6.07, 6.45) is -4.50. The van der Waals surface area contributed by atoms with Crippen LogP contribution in [-0.4, -0.2) is 12.5 Å². The number of halogens is 5. The number of benzene rings is 2. The molecule has 0 spiro atoms. The summed E-state index contributed by atoms with van der Waals surface area (Å²) >= 11 is 11.6. The highest BCUT2D eigenvalue weighted by Gasteiger charge is 2.31. The normalized spacial score (nSPS) is 11.2. The lowest BCUT2D eigenvalue weighted by atomic mass is 10.2. The van der Waals surface area contributed by atoms with Crippen molar-refractivity contribution in [1.29, 1.82) is 0 Å². The van der Waals surface area contributed by atoms with E-state index in [-0.39, 0.29) is 17.3 Å². The number of hydrogen-bond acceptors (Lipinski definition) is 2. The van der Waals surface area contributed by atoms with Crippen LogP contribution in [0.15, 0.2) is 36.4 Å². The molecule has 8 heteroatoms. The molecule has 24 heavy (non-hydrogen) atoms. The number of hydrogen-bond donors (Lipinski definition) is 1. The summed E-state index contributed by atoms with van der Waals surface area (Å²) < 4.78 is 43.0. The van der Waals surface area contributed by atoms with Crippen molar-refractivity contribution in [3.05, 3.63) is 57.6 Å². The van der Waals surface area contributed by atoms with Crippen molar-refractivity contribution in [3.63, 3.8) is 0 Å². The lowest BCUT2D eigenvalue weighted by Gasteiger charge is -2.12. The van der Waals surface area contributed by atoms with E-state index in [1.54, 1.807) is 25.1 Å². The quantitative estimate of drug-likeness (QED) is 0.780. The Labute approximate surface area is 146 Å².